The Morgan fingerprint density at radius 3 is 2.06 bits per heavy atom. The van der Waals surface area contributed by atoms with Crippen molar-refractivity contribution >= 4 is 8.56 Å². The van der Waals surface area contributed by atoms with Crippen molar-refractivity contribution in [2.75, 3.05) is 6.61 Å². The molecule has 2 unspecified atom stereocenters. The molecule has 0 aromatic rings. The van der Waals surface area contributed by atoms with Crippen molar-refractivity contribution in [3.05, 3.63) is 0 Å². The Labute approximate surface area is 113 Å². The predicted molar refractivity (Wildman–Crippen MR) is 75.7 cm³/mol. The van der Waals surface area contributed by atoms with Crippen molar-refractivity contribution in [3.8, 4) is 0 Å². The Morgan fingerprint density at radius 1 is 1.11 bits per heavy atom. The van der Waals surface area contributed by atoms with Gasteiger partial charge in [-0.1, -0.05) is 13.8 Å². The number of hydrogen-bond donors (Lipinski definition) is 1. The highest BCUT2D eigenvalue weighted by Gasteiger charge is 2.38. The van der Waals surface area contributed by atoms with Crippen LogP contribution < -0.4 is 0 Å². The van der Waals surface area contributed by atoms with Crippen molar-refractivity contribution in [1.82, 2.24) is 0 Å². The van der Waals surface area contributed by atoms with Crippen LogP contribution in [0.4, 0.5) is 0 Å². The highest BCUT2D eigenvalue weighted by Crippen LogP contribution is 2.26. The summed E-state index contributed by atoms with van der Waals surface area (Å²) in [5.41, 5.74) is -0.463. The van der Waals surface area contributed by atoms with E-state index in [1.54, 1.807) is 0 Å². The van der Waals surface area contributed by atoms with Crippen LogP contribution in [0.5, 0.6) is 0 Å². The third-order valence-corrected chi connectivity index (χ3v) is 4.82. The van der Waals surface area contributed by atoms with E-state index >= 15 is 0 Å². The average Bonchev–Trinajstić information content (AvgIpc) is 2.23. The van der Waals surface area contributed by atoms with Crippen molar-refractivity contribution in [1.29, 1.82) is 0 Å². The molecule has 0 aliphatic rings. The molecule has 0 fully saturated rings. The molecule has 2 atom stereocenters. The standard InChI is InChI=1S/C13H30O4Si/c1-8-11(16-12(14)9-2)13(4,5)17-18(6,7)15-10-3/h11-12,14H,8-10H2,1-7H3. The molecular formula is C13H30O4Si. The largest absolute Gasteiger partial charge is 0.395 e. The first-order valence-corrected chi connectivity index (χ1v) is 9.67. The zero-order valence-corrected chi connectivity index (χ0v) is 13.9. The first kappa shape index (κ1) is 18.1. The van der Waals surface area contributed by atoms with E-state index in [4.69, 9.17) is 13.6 Å². The highest BCUT2D eigenvalue weighted by atomic mass is 28.4. The van der Waals surface area contributed by atoms with Gasteiger partial charge in [-0.3, -0.25) is 0 Å². The van der Waals surface area contributed by atoms with Crippen LogP contribution in [0.25, 0.3) is 0 Å². The molecule has 0 saturated heterocycles. The first-order valence-electron chi connectivity index (χ1n) is 6.86. The van der Waals surface area contributed by atoms with E-state index in [1.807, 2.05) is 47.7 Å². The van der Waals surface area contributed by atoms with Crippen LogP contribution in [0, 0.1) is 0 Å². The lowest BCUT2D eigenvalue weighted by atomic mass is 10.00. The Balaban J connectivity index is 4.65. The Kier molecular flexibility index (Phi) is 7.62. The number of hydrogen-bond acceptors (Lipinski definition) is 4. The summed E-state index contributed by atoms with van der Waals surface area (Å²) < 4.78 is 17.5. The summed E-state index contributed by atoms with van der Waals surface area (Å²) in [6, 6.07) is 0. The third-order valence-electron chi connectivity index (χ3n) is 2.82. The first-order chi connectivity index (χ1) is 8.18. The summed E-state index contributed by atoms with van der Waals surface area (Å²) in [7, 11) is -2.14. The predicted octanol–water partition coefficient (Wildman–Crippen LogP) is 3.04. The quantitative estimate of drug-likeness (QED) is 0.520. The molecule has 0 heterocycles. The number of aliphatic hydroxyl groups is 1. The molecule has 0 saturated carbocycles. The van der Waals surface area contributed by atoms with Crippen LogP contribution in [0.1, 0.15) is 47.5 Å². The molecule has 0 radical (unpaired) electrons. The summed E-state index contributed by atoms with van der Waals surface area (Å²) in [5, 5.41) is 9.63. The Morgan fingerprint density at radius 2 is 1.67 bits per heavy atom. The minimum absolute atomic E-state index is 0.139. The summed E-state index contributed by atoms with van der Waals surface area (Å²) in [6.07, 6.45) is 0.508. The normalized spacial score (nSPS) is 16.7. The van der Waals surface area contributed by atoms with Crippen LogP contribution >= 0.6 is 0 Å². The summed E-state index contributed by atoms with van der Waals surface area (Å²) >= 11 is 0. The van der Waals surface area contributed by atoms with E-state index in [0.717, 1.165) is 6.42 Å². The molecular weight excluding hydrogens is 248 g/mol. The average molecular weight is 278 g/mol. The van der Waals surface area contributed by atoms with Gasteiger partial charge < -0.3 is 18.7 Å². The zero-order valence-electron chi connectivity index (χ0n) is 12.9. The van der Waals surface area contributed by atoms with Gasteiger partial charge in [0.1, 0.15) is 0 Å². The van der Waals surface area contributed by atoms with Crippen LogP contribution in [0.2, 0.25) is 13.1 Å². The van der Waals surface area contributed by atoms with Gasteiger partial charge in [-0.15, -0.1) is 0 Å². The summed E-state index contributed by atoms with van der Waals surface area (Å²) in [6.45, 7) is 14.6. The van der Waals surface area contributed by atoms with E-state index in [-0.39, 0.29) is 6.10 Å². The lowest BCUT2D eigenvalue weighted by molar-refractivity contribution is -0.186. The number of ether oxygens (including phenoxy) is 1. The van der Waals surface area contributed by atoms with Crippen LogP contribution in [-0.2, 0) is 13.6 Å². The second-order valence-corrected chi connectivity index (χ2v) is 8.73. The summed E-state index contributed by atoms with van der Waals surface area (Å²) in [4.78, 5) is 0. The molecule has 0 bridgehead atoms. The van der Waals surface area contributed by atoms with Crippen LogP contribution in [-0.4, -0.2) is 38.3 Å². The highest BCUT2D eigenvalue weighted by molar-refractivity contribution is 6.64. The summed E-state index contributed by atoms with van der Waals surface area (Å²) in [5.74, 6) is 0. The van der Waals surface area contributed by atoms with E-state index < -0.39 is 20.5 Å². The molecule has 0 aromatic carbocycles. The van der Waals surface area contributed by atoms with Crippen LogP contribution in [0.3, 0.4) is 0 Å². The fraction of sp³-hybridized carbons (Fsp3) is 1.00. The lowest BCUT2D eigenvalue weighted by Gasteiger charge is -2.40. The van der Waals surface area contributed by atoms with E-state index in [9.17, 15) is 5.11 Å². The monoisotopic (exact) mass is 278 g/mol. The van der Waals surface area contributed by atoms with Gasteiger partial charge in [0.2, 0.25) is 0 Å². The number of rotatable bonds is 9. The minimum Gasteiger partial charge on any atom is -0.395 e. The van der Waals surface area contributed by atoms with E-state index in [1.165, 1.54) is 0 Å². The molecule has 5 heteroatoms. The van der Waals surface area contributed by atoms with Crippen LogP contribution in [0.15, 0.2) is 0 Å². The van der Waals surface area contributed by atoms with Crippen molar-refractivity contribution in [3.63, 3.8) is 0 Å². The van der Waals surface area contributed by atoms with Crippen molar-refractivity contribution < 1.29 is 18.7 Å². The van der Waals surface area contributed by atoms with E-state index in [2.05, 4.69) is 0 Å². The van der Waals surface area contributed by atoms with Gasteiger partial charge >= 0.3 is 8.56 Å². The van der Waals surface area contributed by atoms with Gasteiger partial charge in [-0.2, -0.15) is 0 Å². The second kappa shape index (κ2) is 7.60. The Bertz CT molecular complexity index is 231. The smallest absolute Gasteiger partial charge is 0.332 e. The Hall–Kier alpha value is 0.0569. The molecule has 1 N–H and O–H groups in total. The number of aliphatic hydroxyl groups excluding tert-OH is 1. The van der Waals surface area contributed by atoms with Gasteiger partial charge in [0, 0.05) is 6.61 Å². The SMILES string of the molecule is CCO[Si](C)(C)OC(C)(C)C(CC)OC(O)CC. The molecule has 0 aliphatic heterocycles. The second-order valence-electron chi connectivity index (χ2n) is 5.43. The maximum atomic E-state index is 9.63. The topological polar surface area (TPSA) is 47.9 Å². The molecule has 0 aliphatic carbocycles. The van der Waals surface area contributed by atoms with Gasteiger partial charge in [-0.05, 0) is 46.7 Å². The fourth-order valence-electron chi connectivity index (χ4n) is 2.11. The molecule has 110 valence electrons. The third kappa shape index (κ3) is 6.29. The molecule has 4 nitrogen and oxygen atoms in total. The van der Waals surface area contributed by atoms with Gasteiger partial charge in [-0.25, -0.2) is 0 Å². The molecule has 0 rings (SSSR count). The maximum Gasteiger partial charge on any atom is 0.332 e. The van der Waals surface area contributed by atoms with Gasteiger partial charge in [0.05, 0.1) is 11.7 Å². The van der Waals surface area contributed by atoms with Crippen molar-refractivity contribution in [2.45, 2.75) is 78.5 Å². The molecule has 0 amide bonds. The molecule has 0 aromatic heterocycles. The molecule has 0 spiro atoms. The fourth-order valence-corrected chi connectivity index (χ4v) is 4.27. The van der Waals surface area contributed by atoms with Crippen molar-refractivity contribution in [2.24, 2.45) is 0 Å². The zero-order chi connectivity index (χ0) is 14.4. The molecule has 18 heavy (non-hydrogen) atoms. The van der Waals surface area contributed by atoms with E-state index in [0.29, 0.717) is 13.0 Å². The van der Waals surface area contributed by atoms with Gasteiger partial charge in [0.15, 0.2) is 6.29 Å². The lowest BCUT2D eigenvalue weighted by Crippen LogP contribution is -2.51. The minimum atomic E-state index is -2.14. The maximum absolute atomic E-state index is 9.63. The van der Waals surface area contributed by atoms with Gasteiger partial charge in [0.25, 0.3) is 0 Å².